The molecule has 1 saturated carbocycles. The van der Waals surface area contributed by atoms with Gasteiger partial charge in [-0.1, -0.05) is 25.4 Å². The van der Waals surface area contributed by atoms with E-state index in [0.29, 0.717) is 22.8 Å². The molecule has 1 aliphatic carbocycles. The van der Waals surface area contributed by atoms with Crippen molar-refractivity contribution < 1.29 is 9.63 Å². The molecule has 5 nitrogen and oxygen atoms in total. The molecule has 132 valence electrons. The van der Waals surface area contributed by atoms with E-state index in [4.69, 9.17) is 44.9 Å². The molecule has 1 heterocycles. The van der Waals surface area contributed by atoms with Crippen molar-refractivity contribution >= 4 is 40.7 Å². The molecule has 0 radical (unpaired) electrons. The number of nitrogens with one attached hydrogen (secondary N) is 1. The second kappa shape index (κ2) is 6.67. The summed E-state index contributed by atoms with van der Waals surface area (Å²) < 4.78 is 0.332. The van der Waals surface area contributed by atoms with Gasteiger partial charge in [0.15, 0.2) is 5.69 Å². The molecule has 24 heavy (non-hydrogen) atoms. The van der Waals surface area contributed by atoms with Gasteiger partial charge in [-0.25, -0.2) is 0 Å². The molecule has 0 aromatic carbocycles. The van der Waals surface area contributed by atoms with Gasteiger partial charge in [-0.3, -0.25) is 4.79 Å². The number of nitriles is 1. The maximum absolute atomic E-state index is 12.6. The Balaban J connectivity index is 1.99. The number of hydrogen-bond donors (Lipinski definition) is 1. The molecule has 0 saturated heterocycles. The van der Waals surface area contributed by atoms with Gasteiger partial charge in [0.1, 0.15) is 17.0 Å². The summed E-state index contributed by atoms with van der Waals surface area (Å²) >= 11 is 18.5. The Morgan fingerprint density at radius 1 is 1.58 bits per heavy atom. The van der Waals surface area contributed by atoms with Crippen LogP contribution in [0.2, 0.25) is 5.02 Å². The third-order valence-corrected chi connectivity index (χ3v) is 6.55. The second-order valence-electron chi connectivity index (χ2n) is 6.21. The van der Waals surface area contributed by atoms with Crippen molar-refractivity contribution in [1.29, 1.82) is 5.26 Å². The van der Waals surface area contributed by atoms with Gasteiger partial charge in [-0.05, 0) is 26.3 Å². The van der Waals surface area contributed by atoms with E-state index in [-0.39, 0.29) is 24.5 Å². The standard InChI is InChI=1S/C16H20Cl3N3O2/c1-5-15(11(4)16(15,18)19)14(23)21-9(2)8-24-22-10(3)13(17)6-12(22)7-20/h6,9,11H,5,8H2,1-4H3,(H,21,23)/t9-,11-,15+/m1/s1. The van der Waals surface area contributed by atoms with Crippen LogP contribution in [0.15, 0.2) is 6.07 Å². The zero-order chi connectivity index (χ0) is 18.3. The summed E-state index contributed by atoms with van der Waals surface area (Å²) in [7, 11) is 0. The third kappa shape index (κ3) is 2.85. The van der Waals surface area contributed by atoms with Crippen LogP contribution in [0, 0.1) is 29.6 Å². The number of rotatable bonds is 6. The Labute approximate surface area is 156 Å². The minimum absolute atomic E-state index is 0.109. The minimum atomic E-state index is -1.04. The summed E-state index contributed by atoms with van der Waals surface area (Å²) in [6, 6.07) is 3.26. The Morgan fingerprint density at radius 2 is 2.17 bits per heavy atom. The van der Waals surface area contributed by atoms with E-state index in [0.717, 1.165) is 0 Å². The summed E-state index contributed by atoms with van der Waals surface area (Å²) in [6.07, 6.45) is 0.561. The van der Waals surface area contributed by atoms with Gasteiger partial charge in [0, 0.05) is 5.92 Å². The number of carbonyl (C=O) groups is 1. The van der Waals surface area contributed by atoms with Crippen molar-refractivity contribution in [2.45, 2.75) is 44.5 Å². The number of aromatic nitrogens is 1. The van der Waals surface area contributed by atoms with Crippen LogP contribution in [0.25, 0.3) is 0 Å². The van der Waals surface area contributed by atoms with Gasteiger partial charge in [0.05, 0.1) is 22.2 Å². The second-order valence-corrected chi connectivity index (χ2v) is 8.00. The van der Waals surface area contributed by atoms with E-state index in [2.05, 4.69) is 5.32 Å². The average molecular weight is 393 g/mol. The monoisotopic (exact) mass is 391 g/mol. The van der Waals surface area contributed by atoms with Crippen LogP contribution in [-0.4, -0.2) is 27.6 Å². The van der Waals surface area contributed by atoms with Crippen molar-refractivity contribution in [3.05, 3.63) is 22.5 Å². The number of hydrogen-bond acceptors (Lipinski definition) is 3. The number of amides is 1. The van der Waals surface area contributed by atoms with Gasteiger partial charge in [-0.2, -0.15) is 9.99 Å². The Kier molecular flexibility index (Phi) is 5.34. The van der Waals surface area contributed by atoms with Crippen LogP contribution >= 0.6 is 34.8 Å². The van der Waals surface area contributed by atoms with Crippen molar-refractivity contribution in [2.24, 2.45) is 11.3 Å². The van der Waals surface area contributed by atoms with E-state index in [1.165, 1.54) is 10.8 Å². The van der Waals surface area contributed by atoms with E-state index < -0.39 is 9.75 Å². The molecule has 0 aliphatic heterocycles. The first kappa shape index (κ1) is 19.2. The topological polar surface area (TPSA) is 67.0 Å². The van der Waals surface area contributed by atoms with Crippen molar-refractivity contribution in [1.82, 2.24) is 10.0 Å². The Morgan fingerprint density at radius 3 is 2.62 bits per heavy atom. The highest BCUT2D eigenvalue weighted by Gasteiger charge is 2.76. The highest BCUT2D eigenvalue weighted by Crippen LogP contribution is 2.70. The molecule has 3 atom stereocenters. The van der Waals surface area contributed by atoms with Gasteiger partial charge in [-0.15, -0.1) is 23.2 Å². The first-order chi connectivity index (χ1) is 11.1. The molecule has 8 heteroatoms. The van der Waals surface area contributed by atoms with Crippen LogP contribution in [0.4, 0.5) is 0 Å². The largest absolute Gasteiger partial charge is 0.411 e. The van der Waals surface area contributed by atoms with E-state index >= 15 is 0 Å². The lowest BCUT2D eigenvalue weighted by molar-refractivity contribution is -0.128. The smallest absolute Gasteiger partial charge is 0.229 e. The predicted octanol–water partition coefficient (Wildman–Crippen LogP) is 3.47. The number of alkyl halides is 2. The predicted molar refractivity (Wildman–Crippen MR) is 94.3 cm³/mol. The fourth-order valence-electron chi connectivity index (χ4n) is 3.08. The van der Waals surface area contributed by atoms with Crippen molar-refractivity contribution in [2.75, 3.05) is 6.61 Å². The van der Waals surface area contributed by atoms with E-state index in [1.54, 1.807) is 6.92 Å². The molecule has 0 bridgehead atoms. The van der Waals surface area contributed by atoms with Crippen LogP contribution in [0.1, 0.15) is 38.6 Å². The van der Waals surface area contributed by atoms with Crippen LogP contribution < -0.4 is 10.2 Å². The third-order valence-electron chi connectivity index (χ3n) is 4.84. The van der Waals surface area contributed by atoms with Gasteiger partial charge < -0.3 is 10.2 Å². The fourth-order valence-corrected chi connectivity index (χ4v) is 4.29. The molecule has 2 rings (SSSR count). The van der Waals surface area contributed by atoms with Crippen LogP contribution in [0.5, 0.6) is 0 Å². The molecule has 1 fully saturated rings. The SMILES string of the molecule is CC[C@@]1(C(=O)N[C@H](C)COn2c(C#N)cc(Cl)c2C)[C@@H](C)C1(Cl)Cl. The molecule has 1 aromatic rings. The quantitative estimate of drug-likeness (QED) is 0.754. The summed E-state index contributed by atoms with van der Waals surface area (Å²) in [5.41, 5.74) is 0.167. The molecule has 1 aliphatic rings. The summed E-state index contributed by atoms with van der Waals surface area (Å²) in [5, 5.41) is 12.4. The fraction of sp³-hybridized carbons (Fsp3) is 0.625. The summed E-state index contributed by atoms with van der Waals surface area (Å²) in [4.78, 5) is 18.2. The van der Waals surface area contributed by atoms with Crippen LogP contribution in [0.3, 0.4) is 0 Å². The molecule has 1 amide bonds. The van der Waals surface area contributed by atoms with E-state index in [9.17, 15) is 4.79 Å². The number of carbonyl (C=O) groups excluding carboxylic acids is 1. The zero-order valence-corrected chi connectivity index (χ0v) is 16.3. The molecule has 1 N–H and O–H groups in total. The first-order valence-electron chi connectivity index (χ1n) is 7.73. The van der Waals surface area contributed by atoms with Crippen molar-refractivity contribution in [3.8, 4) is 6.07 Å². The van der Waals surface area contributed by atoms with Crippen LogP contribution in [-0.2, 0) is 4.79 Å². The molecular formula is C16H20Cl3N3O2. The number of nitrogens with zero attached hydrogens (tertiary/aromatic N) is 2. The molecule has 0 unspecified atom stereocenters. The van der Waals surface area contributed by atoms with Gasteiger partial charge in [0.25, 0.3) is 0 Å². The average Bonchev–Trinajstić information content (AvgIpc) is 2.81. The summed E-state index contributed by atoms with van der Waals surface area (Å²) in [5.74, 6) is -0.288. The maximum Gasteiger partial charge on any atom is 0.229 e. The van der Waals surface area contributed by atoms with Gasteiger partial charge >= 0.3 is 0 Å². The Bertz CT molecular complexity index is 695. The maximum atomic E-state index is 12.6. The minimum Gasteiger partial charge on any atom is -0.411 e. The molecular weight excluding hydrogens is 373 g/mol. The Hall–Kier alpha value is -1.09. The first-order valence-corrected chi connectivity index (χ1v) is 8.86. The lowest BCUT2D eigenvalue weighted by Gasteiger charge is -2.21. The number of halogens is 3. The normalized spacial score (nSPS) is 25.7. The van der Waals surface area contributed by atoms with E-state index in [1.807, 2.05) is 26.8 Å². The lowest BCUT2D eigenvalue weighted by Crippen LogP contribution is -2.44. The molecule has 0 spiro atoms. The highest BCUT2D eigenvalue weighted by molar-refractivity contribution is 6.53. The zero-order valence-electron chi connectivity index (χ0n) is 14.0. The molecule has 1 aromatic heterocycles. The lowest BCUT2D eigenvalue weighted by atomic mass is 9.99. The highest BCUT2D eigenvalue weighted by atomic mass is 35.5. The van der Waals surface area contributed by atoms with Crippen molar-refractivity contribution in [3.63, 3.8) is 0 Å². The summed E-state index contributed by atoms with van der Waals surface area (Å²) in [6.45, 7) is 7.51. The van der Waals surface area contributed by atoms with Gasteiger partial charge in [0.2, 0.25) is 5.91 Å².